The number of likely N-dealkylation sites (N-methyl/N-ethyl adjacent to an activating group) is 1. The minimum atomic E-state index is -2.49. The van der Waals surface area contributed by atoms with Gasteiger partial charge in [-0.05, 0) is 246 Å². The van der Waals surface area contributed by atoms with Crippen LogP contribution in [0.25, 0.3) is 0 Å². The molecule has 11 nitrogen and oxygen atoms in total. The van der Waals surface area contributed by atoms with Crippen LogP contribution in [-0.2, 0) is 44.9 Å². The monoisotopic (exact) mass is 1270 g/mol. The fourth-order valence-corrected chi connectivity index (χ4v) is 30.0. The van der Waals surface area contributed by atoms with Gasteiger partial charge in [-0.1, -0.05) is 104 Å². The van der Waals surface area contributed by atoms with Gasteiger partial charge in [-0.2, -0.15) is 0 Å². The van der Waals surface area contributed by atoms with Gasteiger partial charge in [0.1, 0.15) is 23.6 Å². The molecule has 0 aromatic heterocycles. The quantitative estimate of drug-likeness (QED) is 0.0733. The third-order valence-electron chi connectivity index (χ3n) is 33.1. The number of carbonyl (C=O) groups excluding carboxylic acids is 2. The first kappa shape index (κ1) is 60.5. The lowest BCUT2D eigenvalue weighted by Crippen LogP contribution is -2.89. The predicted octanol–water partition coefficient (Wildman–Crippen LogP) is 10.5. The third-order valence-corrected chi connectivity index (χ3v) is 33.1. The smallest absolute Gasteiger partial charge is 0.331 e. The van der Waals surface area contributed by atoms with Crippen molar-refractivity contribution in [3.05, 3.63) is 118 Å². The second-order valence-corrected chi connectivity index (χ2v) is 35.2. The van der Waals surface area contributed by atoms with E-state index in [4.69, 9.17) is 9.47 Å². The molecule has 17 aliphatic rings. The number of aldehydes is 1. The maximum Gasteiger partial charge on any atom is 0.331 e. The molecule has 3 aromatic carbocycles. The first-order valence-corrected chi connectivity index (χ1v) is 37.6. The number of aliphatic hydroxyl groups excluding tert-OH is 3. The van der Waals surface area contributed by atoms with Crippen LogP contribution in [0.1, 0.15) is 181 Å². The van der Waals surface area contributed by atoms with Gasteiger partial charge in [-0.25, -0.2) is 4.79 Å². The Balaban J connectivity index is 0.896. The Labute approximate surface area is 555 Å². The summed E-state index contributed by atoms with van der Waals surface area (Å²) in [6.45, 7) is 1.81. The van der Waals surface area contributed by atoms with Crippen LogP contribution in [0, 0.1) is 139 Å². The molecule has 12 fully saturated rings. The maximum atomic E-state index is 16.7. The number of benzene rings is 3. The summed E-state index contributed by atoms with van der Waals surface area (Å²) in [5.74, 6) is 12.9. The molecule has 94 heavy (non-hydrogen) atoms. The highest BCUT2D eigenvalue weighted by atomic mass is 16.5. The van der Waals surface area contributed by atoms with Gasteiger partial charge in [0.2, 0.25) is 0 Å². The molecule has 1 saturated heterocycles. The average molecular weight is 1270 g/mol. The number of carbonyl (C=O) groups is 2. The van der Waals surface area contributed by atoms with E-state index in [0.717, 1.165) is 106 Å². The van der Waals surface area contributed by atoms with Gasteiger partial charge in [0.05, 0.1) is 42.5 Å². The van der Waals surface area contributed by atoms with Crippen LogP contribution in [0.5, 0.6) is 0 Å². The molecule has 7 N–H and O–H groups in total. The first-order chi connectivity index (χ1) is 45.5. The molecule has 28 atom stereocenters. The summed E-state index contributed by atoms with van der Waals surface area (Å²) in [6.07, 6.45) is 16.9. The van der Waals surface area contributed by atoms with Crippen LogP contribution >= 0.6 is 0 Å². The number of fused-ring (bicyclic) bond motifs is 10. The van der Waals surface area contributed by atoms with Crippen LogP contribution < -0.4 is 5.32 Å². The van der Waals surface area contributed by atoms with E-state index in [9.17, 15) is 15.0 Å². The van der Waals surface area contributed by atoms with E-state index in [1.165, 1.54) is 16.7 Å². The predicted molar refractivity (Wildman–Crippen MR) is 353 cm³/mol. The molecule has 3 heterocycles. The van der Waals surface area contributed by atoms with E-state index >= 15 is 25.2 Å². The van der Waals surface area contributed by atoms with E-state index in [0.29, 0.717) is 68.8 Å². The van der Waals surface area contributed by atoms with Crippen LogP contribution in [0.4, 0.5) is 0 Å². The molecule has 496 valence electrons. The van der Waals surface area contributed by atoms with Gasteiger partial charge < -0.3 is 50.2 Å². The lowest BCUT2D eigenvalue weighted by Gasteiger charge is -2.79. The topological polar surface area (TPSA) is 186 Å². The SMILES string of the molecule is CNC1Cc2c(cccc2CO)C#CC2(CCCC2)CC23CC4C#CCC5C(c6ccccc6)CCC67CCC8C9Cc%10cccc(c%10)CC%10CCC(C%10)C(C)C%10CCC%11C(O9)C6(CC6(C=O)C4C(O)(C(O)C(C%10)C%116O)C2(O)CC2CC1C1OC(=O)C=C1C23CO)C8CC57. The minimum absolute atomic E-state index is 0.0193. The Morgan fingerprint density at radius 1 is 0.755 bits per heavy atom. The lowest BCUT2D eigenvalue weighted by atomic mass is 9.27. The second kappa shape index (κ2) is 20.7. The van der Waals surface area contributed by atoms with Gasteiger partial charge in [-0.3, -0.25) is 0 Å². The van der Waals surface area contributed by atoms with Crippen molar-refractivity contribution >= 4 is 12.3 Å². The first-order valence-electron chi connectivity index (χ1n) is 37.6. The molecular formula is C83H99NO10. The highest BCUT2D eigenvalue weighted by Crippen LogP contribution is 2.88. The second-order valence-electron chi connectivity index (χ2n) is 35.2. The van der Waals surface area contributed by atoms with Crippen LogP contribution in [0.2, 0.25) is 0 Å². The number of nitrogens with one attached hydrogen (secondary N) is 1. The van der Waals surface area contributed by atoms with Crippen LogP contribution in [0.15, 0.2) is 84.4 Å². The molecule has 0 amide bonds. The molecule has 0 radical (unpaired) electrons. The Morgan fingerprint density at radius 3 is 2.34 bits per heavy atom. The Hall–Kier alpha value is -4.66. The van der Waals surface area contributed by atoms with Crippen LogP contribution in [-0.4, -0.2) is 104 Å². The summed E-state index contributed by atoms with van der Waals surface area (Å²) < 4.78 is 15.0. The van der Waals surface area contributed by atoms with Crippen LogP contribution in [0.3, 0.4) is 0 Å². The molecule has 14 aliphatic carbocycles. The fraction of sp³-hybridized carbons (Fsp3) is 0.687. The van der Waals surface area contributed by atoms with Crippen molar-refractivity contribution < 1.29 is 49.7 Å². The summed E-state index contributed by atoms with van der Waals surface area (Å²) in [5, 5.41) is 91.3. The van der Waals surface area contributed by atoms with Crippen molar-refractivity contribution in [1.82, 2.24) is 5.32 Å². The average Bonchev–Trinajstić information content (AvgIpc) is 1.27. The zero-order valence-corrected chi connectivity index (χ0v) is 55.3. The summed E-state index contributed by atoms with van der Waals surface area (Å²) in [4.78, 5) is 31.3. The molecule has 11 heteroatoms. The highest BCUT2D eigenvalue weighted by Gasteiger charge is 2.93. The Morgan fingerprint density at radius 2 is 1.54 bits per heavy atom. The largest absolute Gasteiger partial charge is 0.454 e. The fourth-order valence-electron chi connectivity index (χ4n) is 30.0. The molecule has 11 saturated carbocycles. The molecular weight excluding hydrogens is 1170 g/mol. The number of aliphatic hydroxyl groups is 6. The normalized spacial score (nSPS) is 51.1. The van der Waals surface area contributed by atoms with E-state index < -0.39 is 104 Å². The van der Waals surface area contributed by atoms with E-state index in [1.54, 1.807) is 6.08 Å². The van der Waals surface area contributed by atoms with Gasteiger partial charge in [-0.15, -0.1) is 5.92 Å². The number of rotatable bonds is 5. The summed E-state index contributed by atoms with van der Waals surface area (Å²) >= 11 is 0. The van der Waals surface area contributed by atoms with E-state index in [-0.39, 0.29) is 90.8 Å². The maximum absolute atomic E-state index is 16.7. The standard InChI is InChI=1S/C83H99NO10/c1-47-53-20-19-50(33-53)32-48-11-8-12-49(31-48)34-69-60-25-30-76-29-24-58(51-13-4-3-5-14-51)59-18-10-16-55-40-78-43-75(26-6-7-27-75)28-23-52-15-9-17-56(42-85)61(52)37-68(84-2)62-36-57(80(78,46-87)66-39-70(88)94-71(62)66)41-81(78,90)83(92)72(55)77(45-86)44-79(76,65(60)38-64(59)76)74(93-69)63-22-21-54(47)35-67(73(83)89)82(63,77)91/h3-5,8-9,11-15,17,31,39,45,47,50,53-55,57-60,62-65,67-69,71-74,84-85,87,89-92H,6-7,18-22,24-27,29-30,32-38,40-44,46H2,1-2H3. The number of ether oxygens (including phenoxy) is 2. The van der Waals surface area contributed by atoms with Crippen molar-refractivity contribution in [2.75, 3.05) is 13.7 Å². The third kappa shape index (κ3) is 7.27. The van der Waals surface area contributed by atoms with Crippen molar-refractivity contribution in [2.24, 2.45) is 115 Å². The molecule has 4 spiro atoms. The zero-order chi connectivity index (χ0) is 63.9. The summed E-state index contributed by atoms with van der Waals surface area (Å²) in [7, 11) is 1.93. The van der Waals surface area contributed by atoms with Gasteiger partial charge >= 0.3 is 5.97 Å². The van der Waals surface area contributed by atoms with Crippen molar-refractivity contribution in [2.45, 2.75) is 221 Å². The van der Waals surface area contributed by atoms with Crippen molar-refractivity contribution in [3.63, 3.8) is 0 Å². The van der Waals surface area contributed by atoms with Crippen molar-refractivity contribution in [3.8, 4) is 23.7 Å². The molecule has 19 bridgehead atoms. The zero-order valence-electron chi connectivity index (χ0n) is 55.3. The molecule has 20 rings (SSSR count). The summed E-state index contributed by atoms with van der Waals surface area (Å²) in [5.41, 5.74) is -5.63. The van der Waals surface area contributed by atoms with Gasteiger partial charge in [0.25, 0.3) is 0 Å². The number of esters is 1. The van der Waals surface area contributed by atoms with Gasteiger partial charge in [0, 0.05) is 75.4 Å². The lowest BCUT2D eigenvalue weighted by molar-refractivity contribution is -0.412. The Kier molecular flexibility index (Phi) is 13.3. The van der Waals surface area contributed by atoms with E-state index in [2.05, 4.69) is 90.5 Å². The number of hydrogen-bond acceptors (Lipinski definition) is 11. The van der Waals surface area contributed by atoms with Gasteiger partial charge in [0.15, 0.2) is 0 Å². The van der Waals surface area contributed by atoms with Crippen molar-refractivity contribution in [1.29, 1.82) is 0 Å². The number of hydrogen-bond donors (Lipinski definition) is 7. The summed E-state index contributed by atoms with van der Waals surface area (Å²) in [6, 6.07) is 26.2. The van der Waals surface area contributed by atoms with E-state index in [1.807, 2.05) is 25.2 Å². The molecule has 28 unspecified atom stereocenters. The molecule has 3 aromatic rings. The highest BCUT2D eigenvalue weighted by molar-refractivity contribution is 5.87. The molecule has 3 aliphatic heterocycles. The Bertz CT molecular complexity index is 3800. The minimum Gasteiger partial charge on any atom is -0.454 e.